The first kappa shape index (κ1) is 19.4. The van der Waals surface area contributed by atoms with Crippen molar-refractivity contribution in [3.63, 3.8) is 0 Å². The highest BCUT2D eigenvalue weighted by atomic mass is 79.9. The Morgan fingerprint density at radius 3 is 2.77 bits per heavy atom. The van der Waals surface area contributed by atoms with Crippen molar-refractivity contribution < 1.29 is 18.3 Å². The van der Waals surface area contributed by atoms with Gasteiger partial charge in [0.1, 0.15) is 0 Å². The molecule has 1 aromatic rings. The summed E-state index contributed by atoms with van der Waals surface area (Å²) in [6.07, 6.45) is 0. The molecule has 1 saturated heterocycles. The van der Waals surface area contributed by atoms with Crippen molar-refractivity contribution in [3.8, 4) is 11.5 Å². The second kappa shape index (κ2) is 8.86. The standard InChI is InChI=1S/C14H19BrF2N2O2.ClH/c1-9-7-19(4-3-18-9)8-10-5-11(15)13(21-14(16)17)12(6-10)20-2;/h5-6,9,14,18H,3-4,7-8H2,1-2H3;1H/t9-;/m0./s1. The lowest BCUT2D eigenvalue weighted by Crippen LogP contribution is -2.48. The summed E-state index contributed by atoms with van der Waals surface area (Å²) in [5.41, 5.74) is 0.995. The van der Waals surface area contributed by atoms with Gasteiger partial charge >= 0.3 is 6.61 Å². The molecular weight excluding hydrogens is 382 g/mol. The number of rotatable bonds is 5. The first-order valence-electron chi connectivity index (χ1n) is 6.76. The van der Waals surface area contributed by atoms with Crippen LogP contribution in [0.3, 0.4) is 0 Å². The first-order chi connectivity index (χ1) is 9.99. The van der Waals surface area contributed by atoms with Crippen LogP contribution in [-0.2, 0) is 6.54 Å². The normalized spacial score (nSPS) is 18.9. The van der Waals surface area contributed by atoms with Crippen LogP contribution in [0.4, 0.5) is 8.78 Å². The van der Waals surface area contributed by atoms with E-state index >= 15 is 0 Å². The largest absolute Gasteiger partial charge is 0.493 e. The van der Waals surface area contributed by atoms with Crippen LogP contribution in [0.25, 0.3) is 0 Å². The van der Waals surface area contributed by atoms with Gasteiger partial charge in [0.15, 0.2) is 11.5 Å². The van der Waals surface area contributed by atoms with Crippen LogP contribution in [0, 0.1) is 0 Å². The number of piperazine rings is 1. The van der Waals surface area contributed by atoms with Gasteiger partial charge in [-0.2, -0.15) is 8.78 Å². The van der Waals surface area contributed by atoms with Crippen molar-refractivity contribution >= 4 is 28.3 Å². The lowest BCUT2D eigenvalue weighted by atomic mass is 10.1. The fraction of sp³-hybridized carbons (Fsp3) is 0.571. The summed E-state index contributed by atoms with van der Waals surface area (Å²) < 4.78 is 35.0. The quantitative estimate of drug-likeness (QED) is 0.821. The average Bonchev–Trinajstić information content (AvgIpc) is 2.41. The number of hydrogen-bond donors (Lipinski definition) is 1. The molecule has 0 saturated carbocycles. The molecule has 1 N–H and O–H groups in total. The Kier molecular flexibility index (Phi) is 7.82. The molecule has 4 nitrogen and oxygen atoms in total. The third-order valence-corrected chi connectivity index (χ3v) is 3.94. The summed E-state index contributed by atoms with van der Waals surface area (Å²) in [6.45, 7) is 2.87. The van der Waals surface area contributed by atoms with Crippen molar-refractivity contribution in [1.29, 1.82) is 0 Å². The van der Waals surface area contributed by atoms with Crippen molar-refractivity contribution in [2.45, 2.75) is 26.1 Å². The van der Waals surface area contributed by atoms with Gasteiger partial charge in [-0.15, -0.1) is 12.4 Å². The number of halogens is 4. The molecule has 8 heteroatoms. The molecule has 0 aromatic heterocycles. The van der Waals surface area contributed by atoms with Gasteiger partial charge < -0.3 is 14.8 Å². The van der Waals surface area contributed by atoms with Crippen molar-refractivity contribution in [1.82, 2.24) is 10.2 Å². The smallest absolute Gasteiger partial charge is 0.387 e. The summed E-state index contributed by atoms with van der Waals surface area (Å²) in [4.78, 5) is 2.32. The van der Waals surface area contributed by atoms with Crippen LogP contribution in [0.1, 0.15) is 12.5 Å². The van der Waals surface area contributed by atoms with Gasteiger partial charge in [-0.1, -0.05) is 0 Å². The highest BCUT2D eigenvalue weighted by molar-refractivity contribution is 9.10. The van der Waals surface area contributed by atoms with E-state index in [9.17, 15) is 8.78 Å². The number of nitrogens with one attached hydrogen (secondary N) is 1. The molecule has 0 radical (unpaired) electrons. The lowest BCUT2D eigenvalue weighted by molar-refractivity contribution is -0.0517. The highest BCUT2D eigenvalue weighted by Gasteiger charge is 2.19. The number of alkyl halides is 2. The highest BCUT2D eigenvalue weighted by Crippen LogP contribution is 2.38. The second-order valence-corrected chi connectivity index (χ2v) is 5.93. The van der Waals surface area contributed by atoms with E-state index in [2.05, 4.69) is 37.8 Å². The molecule has 1 aliphatic rings. The van der Waals surface area contributed by atoms with Gasteiger partial charge in [-0.3, -0.25) is 4.90 Å². The summed E-state index contributed by atoms with van der Waals surface area (Å²) in [5, 5.41) is 3.38. The molecule has 0 aliphatic carbocycles. The van der Waals surface area contributed by atoms with Crippen LogP contribution in [-0.4, -0.2) is 44.3 Å². The molecular formula is C14H20BrClF2N2O2. The number of nitrogens with zero attached hydrogens (tertiary/aromatic N) is 1. The maximum Gasteiger partial charge on any atom is 0.387 e. The van der Waals surface area contributed by atoms with E-state index in [1.807, 2.05) is 0 Å². The van der Waals surface area contributed by atoms with E-state index in [1.165, 1.54) is 7.11 Å². The zero-order valence-corrected chi connectivity index (χ0v) is 14.8. The van der Waals surface area contributed by atoms with Crippen LogP contribution in [0.15, 0.2) is 16.6 Å². The Morgan fingerprint density at radius 1 is 1.45 bits per heavy atom. The topological polar surface area (TPSA) is 33.7 Å². The molecule has 0 spiro atoms. The number of hydrogen-bond acceptors (Lipinski definition) is 4. The number of ether oxygens (including phenoxy) is 2. The van der Waals surface area contributed by atoms with Gasteiger partial charge in [-0.05, 0) is 40.5 Å². The van der Waals surface area contributed by atoms with Crippen LogP contribution < -0.4 is 14.8 Å². The molecule has 1 aromatic carbocycles. The molecule has 1 heterocycles. The molecule has 0 unspecified atom stereocenters. The zero-order valence-electron chi connectivity index (χ0n) is 12.4. The Hall–Kier alpha value is -0.630. The Morgan fingerprint density at radius 2 is 2.18 bits per heavy atom. The molecule has 1 fully saturated rings. The molecule has 0 amide bonds. The zero-order chi connectivity index (χ0) is 15.4. The van der Waals surface area contributed by atoms with Gasteiger partial charge in [0.25, 0.3) is 0 Å². The Bertz CT molecular complexity index is 494. The van der Waals surface area contributed by atoms with Crippen LogP contribution in [0.2, 0.25) is 0 Å². The van der Waals surface area contributed by atoms with E-state index in [0.29, 0.717) is 16.3 Å². The van der Waals surface area contributed by atoms with E-state index in [4.69, 9.17) is 4.74 Å². The number of methoxy groups -OCH3 is 1. The van der Waals surface area contributed by atoms with Gasteiger partial charge in [0.05, 0.1) is 11.6 Å². The minimum atomic E-state index is -2.88. The summed E-state index contributed by atoms with van der Waals surface area (Å²) in [5.74, 6) is 0.341. The lowest BCUT2D eigenvalue weighted by Gasteiger charge is -2.32. The maximum absolute atomic E-state index is 12.4. The second-order valence-electron chi connectivity index (χ2n) is 5.08. The van der Waals surface area contributed by atoms with E-state index in [-0.39, 0.29) is 18.2 Å². The Labute approximate surface area is 143 Å². The van der Waals surface area contributed by atoms with E-state index < -0.39 is 6.61 Å². The summed E-state index contributed by atoms with van der Waals surface area (Å²) in [7, 11) is 1.44. The Balaban J connectivity index is 0.00000242. The van der Waals surface area contributed by atoms with E-state index in [1.54, 1.807) is 12.1 Å². The predicted octanol–water partition coefficient (Wildman–Crippen LogP) is 3.27. The average molecular weight is 402 g/mol. The molecule has 2 rings (SSSR count). The van der Waals surface area contributed by atoms with Crippen molar-refractivity contribution in [3.05, 3.63) is 22.2 Å². The molecule has 1 atom stereocenters. The van der Waals surface area contributed by atoms with Gasteiger partial charge in [0, 0.05) is 32.2 Å². The van der Waals surface area contributed by atoms with Crippen molar-refractivity contribution in [2.24, 2.45) is 0 Å². The monoisotopic (exact) mass is 400 g/mol. The van der Waals surface area contributed by atoms with Crippen LogP contribution in [0.5, 0.6) is 11.5 Å². The third-order valence-electron chi connectivity index (χ3n) is 3.36. The molecule has 0 bridgehead atoms. The third kappa shape index (κ3) is 5.22. The predicted molar refractivity (Wildman–Crippen MR) is 87.3 cm³/mol. The molecule has 126 valence electrons. The summed E-state index contributed by atoms with van der Waals surface area (Å²) in [6, 6.07) is 3.99. The maximum atomic E-state index is 12.4. The van der Waals surface area contributed by atoms with Crippen LogP contribution >= 0.6 is 28.3 Å². The van der Waals surface area contributed by atoms with Crippen molar-refractivity contribution in [2.75, 3.05) is 26.7 Å². The SMILES string of the molecule is COc1cc(CN2CCN[C@@H](C)C2)cc(Br)c1OC(F)F.Cl. The fourth-order valence-corrected chi connectivity index (χ4v) is 3.06. The molecule has 1 aliphatic heterocycles. The van der Waals surface area contributed by atoms with Gasteiger partial charge in [-0.25, -0.2) is 0 Å². The minimum absolute atomic E-state index is 0. The van der Waals surface area contributed by atoms with E-state index in [0.717, 1.165) is 31.7 Å². The first-order valence-corrected chi connectivity index (χ1v) is 7.56. The van der Waals surface area contributed by atoms with Gasteiger partial charge in [0.2, 0.25) is 0 Å². The minimum Gasteiger partial charge on any atom is -0.493 e. The fourth-order valence-electron chi connectivity index (χ4n) is 2.48. The number of benzene rings is 1. The summed E-state index contributed by atoms with van der Waals surface area (Å²) >= 11 is 3.27. The molecule has 22 heavy (non-hydrogen) atoms.